The number of carbonyl (C=O) groups excluding carboxylic acids is 1. The Morgan fingerprint density at radius 1 is 1.30 bits per heavy atom. The smallest absolute Gasteiger partial charge is 0.278 e. The van der Waals surface area contributed by atoms with Crippen LogP contribution in [0.3, 0.4) is 0 Å². The highest BCUT2D eigenvalue weighted by atomic mass is 32.2. The molecule has 1 aliphatic rings. The summed E-state index contributed by atoms with van der Waals surface area (Å²) >= 11 is 1.45. The zero-order valence-corrected chi connectivity index (χ0v) is 18.0. The van der Waals surface area contributed by atoms with E-state index in [0.29, 0.717) is 47.6 Å². The molecule has 1 amide bonds. The number of halogens is 1. The molecule has 0 spiro atoms. The number of ether oxygens (including phenoxy) is 2. The molecule has 0 unspecified atom stereocenters. The number of aliphatic imine (C=N–C) groups is 1. The molecule has 160 valence electrons. The number of aromatic nitrogens is 1. The van der Waals surface area contributed by atoms with E-state index >= 15 is 0 Å². The van der Waals surface area contributed by atoms with Crippen molar-refractivity contribution >= 4 is 28.5 Å². The first-order valence-electron chi connectivity index (χ1n) is 9.71. The van der Waals surface area contributed by atoms with Crippen LogP contribution in [0.4, 0.5) is 10.1 Å². The number of nitrogens with zero attached hydrogens (tertiary/aromatic N) is 2. The topological polar surface area (TPSA) is 98.8 Å². The van der Waals surface area contributed by atoms with E-state index in [1.165, 1.54) is 30.1 Å². The van der Waals surface area contributed by atoms with Gasteiger partial charge in [0.15, 0.2) is 16.6 Å². The van der Waals surface area contributed by atoms with Crippen LogP contribution in [0.1, 0.15) is 43.2 Å². The third-order valence-corrected chi connectivity index (χ3v) is 5.45. The molecule has 2 heterocycles. The molecule has 9 heteroatoms. The van der Waals surface area contributed by atoms with Crippen LogP contribution in [-0.2, 0) is 5.54 Å². The average Bonchev–Trinajstić information content (AvgIpc) is 2.70. The summed E-state index contributed by atoms with van der Waals surface area (Å²) in [5.41, 5.74) is 6.01. The van der Waals surface area contributed by atoms with Gasteiger partial charge in [-0.3, -0.25) is 9.79 Å². The SMILES string of the molecule is CCOc1cnc(C(=O)Nc2ccc(F)c([C@]3(C)CCSC(N)=N3)c2)c(OCC)c1. The predicted octanol–water partition coefficient (Wildman–Crippen LogP) is 3.94. The van der Waals surface area contributed by atoms with Crippen molar-refractivity contribution in [1.29, 1.82) is 0 Å². The Balaban J connectivity index is 1.88. The predicted molar refractivity (Wildman–Crippen MR) is 117 cm³/mol. The molecule has 0 aliphatic carbocycles. The molecule has 7 nitrogen and oxygen atoms in total. The highest BCUT2D eigenvalue weighted by molar-refractivity contribution is 8.13. The molecule has 0 radical (unpaired) electrons. The van der Waals surface area contributed by atoms with Crippen molar-refractivity contribution in [2.45, 2.75) is 32.7 Å². The monoisotopic (exact) mass is 432 g/mol. The number of pyridine rings is 1. The summed E-state index contributed by atoms with van der Waals surface area (Å²) in [6, 6.07) is 6.04. The lowest BCUT2D eigenvalue weighted by Gasteiger charge is -2.30. The number of rotatable bonds is 7. The van der Waals surface area contributed by atoms with Gasteiger partial charge in [-0.2, -0.15) is 0 Å². The van der Waals surface area contributed by atoms with Crippen molar-refractivity contribution in [3.8, 4) is 11.5 Å². The van der Waals surface area contributed by atoms with Gasteiger partial charge in [0, 0.05) is 23.1 Å². The normalized spacial score (nSPS) is 18.5. The summed E-state index contributed by atoms with van der Waals surface area (Å²) in [5.74, 6) is 0.715. The molecule has 3 rings (SSSR count). The third-order valence-electron chi connectivity index (χ3n) is 4.65. The van der Waals surface area contributed by atoms with Crippen LogP contribution in [0.2, 0.25) is 0 Å². The molecule has 0 saturated carbocycles. The second-order valence-corrected chi connectivity index (χ2v) is 7.97. The Kier molecular flexibility index (Phi) is 6.81. The van der Waals surface area contributed by atoms with Gasteiger partial charge >= 0.3 is 0 Å². The molecule has 1 atom stereocenters. The van der Waals surface area contributed by atoms with Crippen LogP contribution in [-0.4, -0.2) is 35.0 Å². The molecule has 0 fully saturated rings. The maximum atomic E-state index is 14.6. The Hall–Kier alpha value is -2.81. The van der Waals surface area contributed by atoms with Gasteiger partial charge in [-0.25, -0.2) is 9.37 Å². The van der Waals surface area contributed by atoms with Crippen molar-refractivity contribution in [2.24, 2.45) is 10.7 Å². The lowest BCUT2D eigenvalue weighted by atomic mass is 9.89. The van der Waals surface area contributed by atoms with E-state index in [2.05, 4.69) is 15.3 Å². The van der Waals surface area contributed by atoms with Gasteiger partial charge in [0.25, 0.3) is 5.91 Å². The number of hydrogen-bond donors (Lipinski definition) is 2. The molecule has 0 bridgehead atoms. The molecular weight excluding hydrogens is 407 g/mol. The molecule has 2 aromatic rings. The van der Waals surface area contributed by atoms with Gasteiger partial charge in [0.1, 0.15) is 11.6 Å². The molecule has 3 N–H and O–H groups in total. The Labute approximate surface area is 179 Å². The van der Waals surface area contributed by atoms with Crippen LogP contribution >= 0.6 is 11.8 Å². The van der Waals surface area contributed by atoms with E-state index in [-0.39, 0.29) is 5.69 Å². The van der Waals surface area contributed by atoms with Crippen molar-refractivity contribution in [1.82, 2.24) is 4.98 Å². The van der Waals surface area contributed by atoms with E-state index in [0.717, 1.165) is 5.75 Å². The van der Waals surface area contributed by atoms with Crippen molar-refractivity contribution in [3.05, 3.63) is 47.5 Å². The summed E-state index contributed by atoms with van der Waals surface area (Å²) in [4.78, 5) is 21.5. The fraction of sp³-hybridized carbons (Fsp3) is 0.381. The fourth-order valence-electron chi connectivity index (χ4n) is 3.19. The number of benzene rings is 1. The first kappa shape index (κ1) is 21.9. The maximum Gasteiger partial charge on any atom is 0.278 e. The summed E-state index contributed by atoms with van der Waals surface area (Å²) in [6.45, 7) is 6.35. The van der Waals surface area contributed by atoms with E-state index in [1.807, 2.05) is 20.8 Å². The van der Waals surface area contributed by atoms with Gasteiger partial charge in [0.05, 0.1) is 24.9 Å². The molecule has 1 aromatic carbocycles. The second kappa shape index (κ2) is 9.34. The van der Waals surface area contributed by atoms with Crippen LogP contribution in [0.15, 0.2) is 35.5 Å². The molecule has 1 aliphatic heterocycles. The minimum atomic E-state index is -0.784. The number of hydrogen-bond acceptors (Lipinski definition) is 7. The fourth-order valence-corrected chi connectivity index (χ4v) is 4.17. The minimum Gasteiger partial charge on any atom is -0.492 e. The first-order chi connectivity index (χ1) is 14.4. The van der Waals surface area contributed by atoms with Crippen LogP contribution < -0.4 is 20.5 Å². The number of anilines is 1. The zero-order chi connectivity index (χ0) is 21.7. The second-order valence-electron chi connectivity index (χ2n) is 6.85. The van der Waals surface area contributed by atoms with Gasteiger partial charge in [-0.05, 0) is 45.4 Å². The molecule has 30 heavy (non-hydrogen) atoms. The quantitative estimate of drug-likeness (QED) is 0.688. The Morgan fingerprint density at radius 3 is 2.77 bits per heavy atom. The number of nitrogens with two attached hydrogens (primary N) is 1. The van der Waals surface area contributed by atoms with Crippen LogP contribution in [0, 0.1) is 5.82 Å². The summed E-state index contributed by atoms with van der Waals surface area (Å²) in [6.07, 6.45) is 2.11. The van der Waals surface area contributed by atoms with Crippen LogP contribution in [0.5, 0.6) is 11.5 Å². The molecule has 0 saturated heterocycles. The van der Waals surface area contributed by atoms with Gasteiger partial charge in [0.2, 0.25) is 0 Å². The lowest BCUT2D eigenvalue weighted by Crippen LogP contribution is -2.30. The Bertz CT molecular complexity index is 969. The average molecular weight is 433 g/mol. The molecular formula is C21H25FN4O3S. The summed E-state index contributed by atoms with van der Waals surface area (Å²) in [7, 11) is 0. The third kappa shape index (κ3) is 4.84. The standard InChI is InChI=1S/C21H25FN4O3S/c1-4-28-14-11-17(29-5-2)18(24-12-14)19(27)25-13-6-7-16(22)15(10-13)21(3)8-9-30-20(23)26-21/h6-7,10-12H,4-5,8-9H2,1-3H3,(H2,23,26)(H,25,27)/t21-/m0/s1. The van der Waals surface area contributed by atoms with Gasteiger partial charge in [-0.1, -0.05) is 11.8 Å². The number of thioether (sulfide) groups is 1. The van der Waals surface area contributed by atoms with Crippen molar-refractivity contribution in [3.63, 3.8) is 0 Å². The van der Waals surface area contributed by atoms with Crippen LogP contribution in [0.25, 0.3) is 0 Å². The maximum absolute atomic E-state index is 14.6. The minimum absolute atomic E-state index is 0.119. The summed E-state index contributed by atoms with van der Waals surface area (Å²) < 4.78 is 25.6. The highest BCUT2D eigenvalue weighted by Crippen LogP contribution is 2.37. The van der Waals surface area contributed by atoms with E-state index in [9.17, 15) is 9.18 Å². The zero-order valence-electron chi connectivity index (χ0n) is 17.2. The largest absolute Gasteiger partial charge is 0.492 e. The lowest BCUT2D eigenvalue weighted by molar-refractivity contribution is 0.101. The Morgan fingerprint density at radius 2 is 2.07 bits per heavy atom. The number of nitrogens with one attached hydrogen (secondary N) is 1. The first-order valence-corrected chi connectivity index (χ1v) is 10.7. The highest BCUT2D eigenvalue weighted by Gasteiger charge is 2.32. The number of amides is 1. The van der Waals surface area contributed by atoms with Crippen molar-refractivity contribution in [2.75, 3.05) is 24.3 Å². The number of carbonyl (C=O) groups is 1. The van der Waals surface area contributed by atoms with Gasteiger partial charge in [-0.15, -0.1) is 0 Å². The van der Waals surface area contributed by atoms with Gasteiger partial charge < -0.3 is 20.5 Å². The number of amidine groups is 1. The summed E-state index contributed by atoms with van der Waals surface area (Å²) in [5, 5.41) is 3.20. The van der Waals surface area contributed by atoms with E-state index in [1.54, 1.807) is 12.1 Å². The van der Waals surface area contributed by atoms with Crippen molar-refractivity contribution < 1.29 is 18.7 Å². The molecule has 1 aromatic heterocycles. The van der Waals surface area contributed by atoms with E-state index < -0.39 is 17.3 Å². The van der Waals surface area contributed by atoms with E-state index in [4.69, 9.17) is 15.2 Å².